The Morgan fingerprint density at radius 1 is 0.538 bits per heavy atom. The Balaban J connectivity index is -0.00000000167. The maximum absolute atomic E-state index is 6.25. The van der Waals surface area contributed by atoms with Crippen molar-refractivity contribution in [2.24, 2.45) is 0 Å². The molecule has 0 aliphatic heterocycles. The molecule has 0 bridgehead atoms. The maximum Gasteiger partial charge on any atom is 1.00 e. The molecule has 0 aromatic heterocycles. The second kappa shape index (κ2) is 78300. The van der Waals surface area contributed by atoms with Crippen molar-refractivity contribution in [3.05, 3.63) is 26.3 Å². The molecule has 0 heterocycles. The van der Waals surface area contributed by atoms with Gasteiger partial charge in [-0.3, -0.25) is 0 Å². The van der Waals surface area contributed by atoms with Gasteiger partial charge in [0, 0.05) is 20.4 Å². The van der Waals surface area contributed by atoms with Gasteiger partial charge in [0.2, 0.25) is 0 Å². The van der Waals surface area contributed by atoms with Crippen LogP contribution in [-0.2, 0) is 20.4 Å². The van der Waals surface area contributed by atoms with Crippen molar-refractivity contribution < 1.29 is 89.7 Å². The zero-order valence-electron chi connectivity index (χ0n) is 7.61. The fourth-order valence-corrected chi connectivity index (χ4v) is 0. The summed E-state index contributed by atoms with van der Waals surface area (Å²) in [4.78, 5) is 0. The van der Waals surface area contributed by atoms with Crippen LogP contribution in [0.4, 0.5) is 0 Å². The van der Waals surface area contributed by atoms with Crippen molar-refractivity contribution in [3.63, 3.8) is 0 Å². The molecule has 0 saturated heterocycles. The summed E-state index contributed by atoms with van der Waals surface area (Å²) >= 11 is 0. The van der Waals surface area contributed by atoms with Gasteiger partial charge in [-0.05, 0) is 0 Å². The minimum Gasteiger partial charge on any atom is -1.00 e. The van der Waals surface area contributed by atoms with Crippen molar-refractivity contribution >= 4 is 0 Å². The molecule has 0 aliphatic carbocycles. The average Bonchev–Trinajstić information content (AvgIpc) is 2.03. The first-order valence-corrected chi connectivity index (χ1v) is 0.894. The van der Waals surface area contributed by atoms with Crippen LogP contribution in [0.15, 0.2) is 0 Å². The summed E-state index contributed by atoms with van der Waals surface area (Å²) in [5.74, 6) is 0. The van der Waals surface area contributed by atoms with Crippen LogP contribution < -0.4 is 51.4 Å². The van der Waals surface area contributed by atoms with Crippen LogP contribution in [0.5, 0.6) is 0 Å². The molecule has 0 radical (unpaired) electrons. The zero-order valence-corrected chi connectivity index (χ0v) is 11.3. The van der Waals surface area contributed by atoms with E-state index in [-0.39, 0.29) is 89.7 Å². The van der Waals surface area contributed by atoms with Crippen molar-refractivity contribution in [3.8, 4) is 0 Å². The van der Waals surface area contributed by atoms with Gasteiger partial charge in [0.15, 0.2) is 0 Å². The van der Waals surface area contributed by atoms with Gasteiger partial charge in [-0.15, -0.1) is 0 Å². The summed E-state index contributed by atoms with van der Waals surface area (Å²) in [6.07, 6.45) is 0. The van der Waals surface area contributed by atoms with Gasteiger partial charge < -0.3 is 65.2 Å². The van der Waals surface area contributed by atoms with E-state index in [2.05, 4.69) is 0 Å². The predicted molar refractivity (Wildman–Crippen MR) is 31.8 cm³/mol. The fourth-order valence-electron chi connectivity index (χ4n) is 0. The molecule has 0 aromatic rings. The van der Waals surface area contributed by atoms with Crippen molar-refractivity contribution in [2.75, 3.05) is 0 Å². The molecule has 6 N–H and O–H groups in total. The Kier molecular flexibility index (Phi) is 681000. The standard InChI is InChI=1S/4CN.K.3H2O.Pd.H/c4*1-2;;;;;;/h;;;;;3*1H2;;/q4*-1;+1;;;;;-1. The summed E-state index contributed by atoms with van der Waals surface area (Å²) < 4.78 is 0. The van der Waals surface area contributed by atoms with Crippen LogP contribution in [-0.4, -0.2) is 16.4 Å². The number of hydrogen-bond acceptors (Lipinski definition) is 4. The van der Waals surface area contributed by atoms with Gasteiger partial charge in [-0.2, -0.15) is 0 Å². The second-order valence-electron chi connectivity index (χ2n) is 0. The molecule has 13 heavy (non-hydrogen) atoms. The first kappa shape index (κ1) is 113. The molecular formula is C4H7KN4O3Pd-4. The molecular weight excluding hydrogens is 298 g/mol. The monoisotopic (exact) mass is 304 g/mol. The van der Waals surface area contributed by atoms with Crippen LogP contribution in [0.1, 0.15) is 1.43 Å². The van der Waals surface area contributed by atoms with E-state index in [4.69, 9.17) is 47.3 Å². The molecule has 9 heteroatoms. The molecule has 0 atom stereocenters. The third-order valence-electron chi connectivity index (χ3n) is 0. The summed E-state index contributed by atoms with van der Waals surface area (Å²) in [6.45, 7) is 19.0. The minimum atomic E-state index is 0. The Morgan fingerprint density at radius 3 is 0.538 bits per heavy atom. The Bertz CT molecular complexity index is 75.6. The molecule has 0 aliphatic rings. The third kappa shape index (κ3) is 64900. The van der Waals surface area contributed by atoms with E-state index in [1.165, 1.54) is 0 Å². The molecule has 7 nitrogen and oxygen atoms in total. The third-order valence-corrected chi connectivity index (χ3v) is 0. The summed E-state index contributed by atoms with van der Waals surface area (Å²) in [6, 6.07) is 0. The van der Waals surface area contributed by atoms with Gasteiger partial charge >= 0.3 is 51.4 Å². The van der Waals surface area contributed by atoms with E-state index in [0.717, 1.165) is 0 Å². The second-order valence-corrected chi connectivity index (χ2v) is 0. The molecule has 0 unspecified atom stereocenters. The van der Waals surface area contributed by atoms with Gasteiger partial charge in [0.1, 0.15) is 0 Å². The van der Waals surface area contributed by atoms with E-state index < -0.39 is 0 Å². The SMILES string of the molecule is O.O.O.[C-]#N.[C-]#N.[C-]#N.[C-]#N.[H-].[K+].[Pd]. The molecule has 0 aromatic carbocycles. The summed E-state index contributed by atoms with van der Waals surface area (Å²) in [7, 11) is 0. The van der Waals surface area contributed by atoms with E-state index in [1.807, 2.05) is 0 Å². The molecule has 0 amide bonds. The van der Waals surface area contributed by atoms with Crippen LogP contribution in [0.25, 0.3) is 0 Å². The van der Waals surface area contributed by atoms with E-state index in [1.54, 1.807) is 0 Å². The van der Waals surface area contributed by atoms with Crippen LogP contribution in [0.2, 0.25) is 0 Å². The molecule has 0 saturated carbocycles. The summed E-state index contributed by atoms with van der Waals surface area (Å²) in [5, 5.41) is 25.0. The van der Waals surface area contributed by atoms with E-state index in [0.29, 0.717) is 0 Å². The van der Waals surface area contributed by atoms with E-state index in [9.17, 15) is 0 Å². The van der Waals surface area contributed by atoms with Gasteiger partial charge in [0.05, 0.1) is 0 Å². The Hall–Kier alpha value is 0.139. The van der Waals surface area contributed by atoms with Gasteiger partial charge in [-0.25, -0.2) is 0 Å². The molecule has 0 rings (SSSR count). The molecule has 76 valence electrons. The molecule has 0 fully saturated rings. The maximum atomic E-state index is 6.25. The number of rotatable bonds is 0. The number of hydrogen-bond donors (Lipinski definition) is 0. The largest absolute Gasteiger partial charge is 1.00 e. The normalized spacial score (nSPS) is 0.615. The predicted octanol–water partition coefficient (Wildman–Crippen LogP) is -4.97. The summed E-state index contributed by atoms with van der Waals surface area (Å²) in [5.41, 5.74) is 0. The van der Waals surface area contributed by atoms with Crippen LogP contribution >= 0.6 is 0 Å². The average molecular weight is 305 g/mol. The Labute approximate surface area is 135 Å². The topological polar surface area (TPSA) is 190 Å². The van der Waals surface area contributed by atoms with Gasteiger partial charge in [-0.1, -0.05) is 0 Å². The van der Waals surface area contributed by atoms with Crippen LogP contribution in [0, 0.1) is 47.3 Å². The minimum absolute atomic E-state index is 0. The fraction of sp³-hybridized carbons (Fsp3) is 0. The first-order chi connectivity index (χ1) is 4.00. The quantitative estimate of drug-likeness (QED) is 0.320. The van der Waals surface area contributed by atoms with Crippen molar-refractivity contribution in [1.29, 1.82) is 21.0 Å². The van der Waals surface area contributed by atoms with Gasteiger partial charge in [0.25, 0.3) is 0 Å². The number of nitrogens with zero attached hydrogens (tertiary/aromatic N) is 4. The van der Waals surface area contributed by atoms with E-state index >= 15 is 0 Å². The first-order valence-electron chi connectivity index (χ1n) is 0.894. The Morgan fingerprint density at radius 2 is 0.538 bits per heavy atom. The molecule has 0 spiro atoms. The van der Waals surface area contributed by atoms with Crippen molar-refractivity contribution in [1.82, 2.24) is 0 Å². The van der Waals surface area contributed by atoms with Crippen molar-refractivity contribution in [2.45, 2.75) is 0 Å². The van der Waals surface area contributed by atoms with Crippen LogP contribution in [0.3, 0.4) is 0 Å². The smallest absolute Gasteiger partial charge is 1.00 e. The zero-order chi connectivity index (χ0) is 8.00.